The number of para-hydroxylation sites is 1. The number of hydrogen-bond donors (Lipinski definition) is 0. The molecule has 0 saturated carbocycles. The summed E-state index contributed by atoms with van der Waals surface area (Å²) >= 11 is 0. The zero-order valence-electron chi connectivity index (χ0n) is 10.7. The van der Waals surface area contributed by atoms with Crippen LogP contribution in [0.15, 0.2) is 24.3 Å². The third-order valence-corrected chi connectivity index (χ3v) is 2.55. The van der Waals surface area contributed by atoms with Crippen LogP contribution in [-0.2, 0) is 9.53 Å². The third-order valence-electron chi connectivity index (χ3n) is 2.55. The van der Waals surface area contributed by atoms with E-state index in [1.54, 1.807) is 0 Å². The molecule has 3 nitrogen and oxygen atoms in total. The minimum atomic E-state index is -0.189. The van der Waals surface area contributed by atoms with E-state index in [0.717, 1.165) is 5.75 Å². The average molecular weight is 236 g/mol. The topological polar surface area (TPSA) is 35.5 Å². The first kappa shape index (κ1) is 13.6. The molecule has 0 aliphatic carbocycles. The Kier molecular flexibility index (Phi) is 5.53. The second-order valence-corrected chi connectivity index (χ2v) is 4.22. The van der Waals surface area contributed by atoms with Crippen molar-refractivity contribution in [1.82, 2.24) is 0 Å². The van der Waals surface area contributed by atoms with Gasteiger partial charge < -0.3 is 9.47 Å². The van der Waals surface area contributed by atoms with E-state index in [4.69, 9.17) is 4.74 Å². The van der Waals surface area contributed by atoms with E-state index < -0.39 is 0 Å². The lowest BCUT2D eigenvalue weighted by molar-refractivity contribution is -0.140. The summed E-state index contributed by atoms with van der Waals surface area (Å²) in [4.78, 5) is 10.9. The minimum Gasteiger partial charge on any atom is -0.493 e. The highest BCUT2D eigenvalue weighted by Gasteiger charge is 2.07. The van der Waals surface area contributed by atoms with Gasteiger partial charge in [-0.25, -0.2) is 0 Å². The standard InChI is InChI=1S/C14H20O3/c1-11(2)12-7-4-5-8-13(12)17-10-6-9-14(15)16-3/h4-5,7-8,11H,6,9-10H2,1-3H3. The molecule has 0 unspecified atom stereocenters. The van der Waals surface area contributed by atoms with Gasteiger partial charge in [0, 0.05) is 6.42 Å². The number of methoxy groups -OCH3 is 1. The van der Waals surface area contributed by atoms with Gasteiger partial charge in [0.1, 0.15) is 5.75 Å². The molecule has 0 aliphatic heterocycles. The van der Waals surface area contributed by atoms with Gasteiger partial charge in [-0.1, -0.05) is 32.0 Å². The number of rotatable bonds is 6. The molecule has 1 rings (SSSR count). The van der Waals surface area contributed by atoms with Crippen molar-refractivity contribution in [2.24, 2.45) is 0 Å². The van der Waals surface area contributed by atoms with E-state index in [2.05, 4.69) is 24.7 Å². The fourth-order valence-electron chi connectivity index (χ4n) is 1.59. The number of ether oxygens (including phenoxy) is 2. The van der Waals surface area contributed by atoms with Crippen LogP contribution in [0.3, 0.4) is 0 Å². The number of benzene rings is 1. The van der Waals surface area contributed by atoms with Gasteiger partial charge >= 0.3 is 5.97 Å². The summed E-state index contributed by atoms with van der Waals surface area (Å²) < 4.78 is 10.3. The van der Waals surface area contributed by atoms with Crippen molar-refractivity contribution in [3.8, 4) is 5.75 Å². The molecule has 17 heavy (non-hydrogen) atoms. The summed E-state index contributed by atoms with van der Waals surface area (Å²) in [5.41, 5.74) is 1.20. The van der Waals surface area contributed by atoms with E-state index in [1.807, 2.05) is 18.2 Å². The Balaban J connectivity index is 2.44. The van der Waals surface area contributed by atoms with Gasteiger partial charge in [0.15, 0.2) is 0 Å². The summed E-state index contributed by atoms with van der Waals surface area (Å²) in [6.45, 7) is 4.81. The van der Waals surface area contributed by atoms with Crippen LogP contribution < -0.4 is 4.74 Å². The van der Waals surface area contributed by atoms with Crippen molar-refractivity contribution >= 4 is 5.97 Å². The molecule has 94 valence electrons. The highest BCUT2D eigenvalue weighted by molar-refractivity contribution is 5.69. The fourth-order valence-corrected chi connectivity index (χ4v) is 1.59. The van der Waals surface area contributed by atoms with Gasteiger partial charge in [-0.2, -0.15) is 0 Å². The Morgan fingerprint density at radius 3 is 2.65 bits per heavy atom. The van der Waals surface area contributed by atoms with Crippen molar-refractivity contribution < 1.29 is 14.3 Å². The minimum absolute atomic E-state index is 0.189. The van der Waals surface area contributed by atoms with Crippen molar-refractivity contribution in [1.29, 1.82) is 0 Å². The highest BCUT2D eigenvalue weighted by atomic mass is 16.5. The van der Waals surface area contributed by atoms with E-state index in [9.17, 15) is 4.79 Å². The van der Waals surface area contributed by atoms with E-state index in [0.29, 0.717) is 25.4 Å². The largest absolute Gasteiger partial charge is 0.493 e. The molecule has 0 bridgehead atoms. The molecule has 1 aromatic carbocycles. The maximum Gasteiger partial charge on any atom is 0.305 e. The average Bonchev–Trinajstić information content (AvgIpc) is 2.34. The molecule has 1 aromatic rings. The zero-order chi connectivity index (χ0) is 12.7. The molecule has 0 heterocycles. The van der Waals surface area contributed by atoms with Gasteiger partial charge in [-0.05, 0) is 24.0 Å². The number of hydrogen-bond acceptors (Lipinski definition) is 3. The molecule has 0 fully saturated rings. The smallest absolute Gasteiger partial charge is 0.305 e. The van der Waals surface area contributed by atoms with Crippen LogP contribution in [0.1, 0.15) is 38.2 Å². The van der Waals surface area contributed by atoms with Gasteiger partial charge in [0.25, 0.3) is 0 Å². The Labute approximate surface area is 103 Å². The lowest BCUT2D eigenvalue weighted by Gasteiger charge is -2.13. The third kappa shape index (κ3) is 4.47. The summed E-state index contributed by atoms with van der Waals surface area (Å²) in [6, 6.07) is 8.01. The number of esters is 1. The van der Waals surface area contributed by atoms with Crippen molar-refractivity contribution in [2.45, 2.75) is 32.6 Å². The van der Waals surface area contributed by atoms with Crippen molar-refractivity contribution in [2.75, 3.05) is 13.7 Å². The first-order chi connectivity index (χ1) is 8.15. The van der Waals surface area contributed by atoms with Crippen molar-refractivity contribution in [3.63, 3.8) is 0 Å². The zero-order valence-corrected chi connectivity index (χ0v) is 10.7. The molecule has 0 radical (unpaired) electrons. The Hall–Kier alpha value is -1.51. The van der Waals surface area contributed by atoms with E-state index in [1.165, 1.54) is 12.7 Å². The predicted molar refractivity (Wildman–Crippen MR) is 67.3 cm³/mol. The molecule has 0 saturated heterocycles. The quantitative estimate of drug-likeness (QED) is 0.562. The summed E-state index contributed by atoms with van der Waals surface area (Å²) in [6.07, 6.45) is 1.08. The molecule has 0 aromatic heterocycles. The number of carbonyl (C=O) groups is 1. The second kappa shape index (κ2) is 6.94. The first-order valence-corrected chi connectivity index (χ1v) is 5.93. The molecule has 0 N–H and O–H groups in total. The normalized spacial score (nSPS) is 10.4. The summed E-state index contributed by atoms with van der Waals surface area (Å²) in [5, 5.41) is 0. The maximum absolute atomic E-state index is 10.9. The molecular formula is C14H20O3. The van der Waals surface area contributed by atoms with Gasteiger partial charge in [0.2, 0.25) is 0 Å². The molecule has 0 spiro atoms. The van der Waals surface area contributed by atoms with E-state index in [-0.39, 0.29) is 5.97 Å². The van der Waals surface area contributed by atoms with Crippen LogP contribution in [0, 0.1) is 0 Å². The lowest BCUT2D eigenvalue weighted by atomic mass is 10.0. The van der Waals surface area contributed by atoms with Crippen LogP contribution in [-0.4, -0.2) is 19.7 Å². The van der Waals surface area contributed by atoms with Crippen LogP contribution in [0.2, 0.25) is 0 Å². The lowest BCUT2D eigenvalue weighted by Crippen LogP contribution is -2.05. The summed E-state index contributed by atoms with van der Waals surface area (Å²) in [5.74, 6) is 1.16. The van der Waals surface area contributed by atoms with E-state index >= 15 is 0 Å². The summed E-state index contributed by atoms with van der Waals surface area (Å²) in [7, 11) is 1.40. The second-order valence-electron chi connectivity index (χ2n) is 4.22. The maximum atomic E-state index is 10.9. The van der Waals surface area contributed by atoms with Crippen LogP contribution in [0.4, 0.5) is 0 Å². The predicted octanol–water partition coefficient (Wildman–Crippen LogP) is 3.14. The van der Waals surface area contributed by atoms with Gasteiger partial charge in [-0.3, -0.25) is 4.79 Å². The molecule has 0 aliphatic rings. The van der Waals surface area contributed by atoms with Crippen molar-refractivity contribution in [3.05, 3.63) is 29.8 Å². The SMILES string of the molecule is COC(=O)CCCOc1ccccc1C(C)C. The molecule has 0 atom stereocenters. The van der Waals surface area contributed by atoms with Crippen LogP contribution >= 0.6 is 0 Å². The Morgan fingerprint density at radius 2 is 2.00 bits per heavy atom. The fraction of sp³-hybridized carbons (Fsp3) is 0.500. The highest BCUT2D eigenvalue weighted by Crippen LogP contribution is 2.25. The molecule has 0 amide bonds. The van der Waals surface area contributed by atoms with Gasteiger partial charge in [0.05, 0.1) is 13.7 Å². The van der Waals surface area contributed by atoms with Crippen LogP contribution in [0.25, 0.3) is 0 Å². The monoisotopic (exact) mass is 236 g/mol. The first-order valence-electron chi connectivity index (χ1n) is 5.93. The Morgan fingerprint density at radius 1 is 1.29 bits per heavy atom. The molecule has 3 heteroatoms. The number of carbonyl (C=O) groups excluding carboxylic acids is 1. The molecular weight excluding hydrogens is 216 g/mol. The Bertz CT molecular complexity index is 358. The van der Waals surface area contributed by atoms with Crippen LogP contribution in [0.5, 0.6) is 5.75 Å². The van der Waals surface area contributed by atoms with Gasteiger partial charge in [-0.15, -0.1) is 0 Å².